The lowest BCUT2D eigenvalue weighted by Gasteiger charge is -2.13. The molecule has 0 bridgehead atoms. The first-order chi connectivity index (χ1) is 8.39. The second-order valence-corrected chi connectivity index (χ2v) is 3.99. The van der Waals surface area contributed by atoms with Crippen molar-refractivity contribution >= 4 is 11.6 Å². The number of rotatable bonds is 1. The Balaban J connectivity index is 2.64. The highest BCUT2D eigenvalue weighted by Crippen LogP contribution is 2.39. The lowest BCUT2D eigenvalue weighted by atomic mass is 9.99. The Kier molecular flexibility index (Phi) is 3.30. The van der Waals surface area contributed by atoms with E-state index in [0.29, 0.717) is 0 Å². The Morgan fingerprint density at radius 1 is 1.11 bits per heavy atom. The van der Waals surface area contributed by atoms with Crippen molar-refractivity contribution in [3.8, 4) is 11.1 Å². The second-order valence-electron chi connectivity index (χ2n) is 3.58. The van der Waals surface area contributed by atoms with Crippen LogP contribution in [0.2, 0.25) is 5.02 Å². The molecule has 0 aliphatic rings. The number of alkyl halides is 3. The molecule has 93 valence electrons. The van der Waals surface area contributed by atoms with Gasteiger partial charge in [0.15, 0.2) is 0 Å². The first kappa shape index (κ1) is 12.9. The molecule has 0 aliphatic heterocycles. The van der Waals surface area contributed by atoms with Gasteiger partial charge in [-0.15, -0.1) is 0 Å². The number of halogens is 5. The van der Waals surface area contributed by atoms with Crippen LogP contribution in [0.4, 0.5) is 17.6 Å². The summed E-state index contributed by atoms with van der Waals surface area (Å²) >= 11 is 5.76. The van der Waals surface area contributed by atoms with E-state index < -0.39 is 17.6 Å². The summed E-state index contributed by atoms with van der Waals surface area (Å²) in [4.78, 5) is 0. The average Bonchev–Trinajstić information content (AvgIpc) is 2.28. The van der Waals surface area contributed by atoms with Crippen molar-refractivity contribution in [1.82, 2.24) is 0 Å². The van der Waals surface area contributed by atoms with Crippen LogP contribution in [0.25, 0.3) is 11.1 Å². The average molecular weight is 274 g/mol. The first-order valence-corrected chi connectivity index (χ1v) is 5.30. The molecule has 0 N–H and O–H groups in total. The number of hydrogen-bond donors (Lipinski definition) is 0. The van der Waals surface area contributed by atoms with Gasteiger partial charge in [-0.05, 0) is 30.3 Å². The van der Waals surface area contributed by atoms with Gasteiger partial charge in [0.05, 0.1) is 10.6 Å². The van der Waals surface area contributed by atoms with E-state index >= 15 is 0 Å². The van der Waals surface area contributed by atoms with Gasteiger partial charge in [-0.3, -0.25) is 0 Å². The Morgan fingerprint density at radius 2 is 1.83 bits per heavy atom. The summed E-state index contributed by atoms with van der Waals surface area (Å²) in [5, 5.41) is -0.0806. The van der Waals surface area contributed by atoms with Crippen LogP contribution in [0.5, 0.6) is 0 Å². The molecule has 0 atom stereocenters. The van der Waals surface area contributed by atoms with Gasteiger partial charge in [-0.25, -0.2) is 4.39 Å². The van der Waals surface area contributed by atoms with Crippen LogP contribution < -0.4 is 0 Å². The van der Waals surface area contributed by atoms with Crippen molar-refractivity contribution in [2.75, 3.05) is 0 Å². The van der Waals surface area contributed by atoms with Gasteiger partial charge in [0.1, 0.15) is 5.82 Å². The summed E-state index contributed by atoms with van der Waals surface area (Å²) in [5.41, 5.74) is -0.931. The fourth-order valence-electron chi connectivity index (χ4n) is 1.59. The van der Waals surface area contributed by atoms with Crippen LogP contribution in [0.15, 0.2) is 36.4 Å². The third kappa shape index (κ3) is 2.48. The standard InChI is InChI=1S/C13H6ClF4/c14-12-7-8(15)5-6-10(12)9-3-1-2-4-11(9)13(16,17)18/h1-2,4-7H. The van der Waals surface area contributed by atoms with Gasteiger partial charge in [0, 0.05) is 11.1 Å². The third-order valence-corrected chi connectivity index (χ3v) is 2.67. The maximum atomic E-state index is 12.9. The molecule has 2 aromatic carbocycles. The van der Waals surface area contributed by atoms with Crippen molar-refractivity contribution in [3.63, 3.8) is 0 Å². The molecule has 18 heavy (non-hydrogen) atoms. The predicted molar refractivity (Wildman–Crippen MR) is 60.7 cm³/mol. The van der Waals surface area contributed by atoms with E-state index in [1.807, 2.05) is 0 Å². The molecule has 0 saturated carbocycles. The maximum Gasteiger partial charge on any atom is 0.417 e. The van der Waals surface area contributed by atoms with Crippen LogP contribution in [-0.2, 0) is 6.18 Å². The van der Waals surface area contributed by atoms with Crippen molar-refractivity contribution in [3.05, 3.63) is 58.9 Å². The van der Waals surface area contributed by atoms with E-state index in [2.05, 4.69) is 6.07 Å². The molecule has 0 aliphatic carbocycles. The Labute approximate surface area is 106 Å². The molecule has 0 nitrogen and oxygen atoms in total. The SMILES string of the molecule is Fc1ccc(-c2[c]cccc2C(F)(F)F)c(Cl)c1. The van der Waals surface area contributed by atoms with E-state index in [0.717, 1.165) is 18.2 Å². The summed E-state index contributed by atoms with van der Waals surface area (Å²) in [5.74, 6) is -0.603. The molecule has 2 rings (SSSR count). The van der Waals surface area contributed by atoms with Gasteiger partial charge in [0.25, 0.3) is 0 Å². The summed E-state index contributed by atoms with van der Waals surface area (Å²) in [6, 6.07) is 9.26. The summed E-state index contributed by atoms with van der Waals surface area (Å²) in [7, 11) is 0. The van der Waals surface area contributed by atoms with Gasteiger partial charge >= 0.3 is 6.18 Å². The zero-order chi connectivity index (χ0) is 13.3. The zero-order valence-electron chi connectivity index (χ0n) is 8.85. The van der Waals surface area contributed by atoms with Crippen molar-refractivity contribution in [1.29, 1.82) is 0 Å². The zero-order valence-corrected chi connectivity index (χ0v) is 9.61. The molecule has 0 saturated heterocycles. The quantitative estimate of drug-likeness (QED) is 0.644. The van der Waals surface area contributed by atoms with Crippen molar-refractivity contribution < 1.29 is 17.6 Å². The van der Waals surface area contributed by atoms with E-state index in [1.165, 1.54) is 18.2 Å². The molecule has 1 radical (unpaired) electrons. The predicted octanol–water partition coefficient (Wildman–Crippen LogP) is 4.97. The Bertz CT molecular complexity index is 575. The van der Waals surface area contributed by atoms with Gasteiger partial charge in [-0.1, -0.05) is 23.7 Å². The van der Waals surface area contributed by atoms with Crippen molar-refractivity contribution in [2.45, 2.75) is 6.18 Å². The molecular formula is C13H6ClF4. The minimum Gasteiger partial charge on any atom is -0.207 e. The lowest BCUT2D eigenvalue weighted by Crippen LogP contribution is -2.07. The minimum atomic E-state index is -4.51. The number of hydrogen-bond acceptors (Lipinski definition) is 0. The molecule has 0 aromatic heterocycles. The molecule has 0 fully saturated rings. The Hall–Kier alpha value is -1.55. The minimum absolute atomic E-state index is 0.0806. The van der Waals surface area contributed by atoms with Gasteiger partial charge < -0.3 is 0 Å². The normalized spacial score (nSPS) is 11.6. The van der Waals surface area contributed by atoms with Gasteiger partial charge in [0.2, 0.25) is 0 Å². The van der Waals surface area contributed by atoms with E-state index in [1.54, 1.807) is 0 Å². The topological polar surface area (TPSA) is 0 Å². The monoisotopic (exact) mass is 273 g/mol. The highest BCUT2D eigenvalue weighted by molar-refractivity contribution is 6.33. The summed E-state index contributed by atoms with van der Waals surface area (Å²) < 4.78 is 51.3. The summed E-state index contributed by atoms with van der Waals surface area (Å²) in [6.45, 7) is 0. The van der Waals surface area contributed by atoms with Gasteiger partial charge in [-0.2, -0.15) is 13.2 Å². The van der Waals surface area contributed by atoms with E-state index in [9.17, 15) is 17.6 Å². The fourth-order valence-corrected chi connectivity index (χ4v) is 1.85. The van der Waals surface area contributed by atoms with E-state index in [-0.39, 0.29) is 16.1 Å². The second kappa shape index (κ2) is 4.61. The first-order valence-electron chi connectivity index (χ1n) is 4.93. The third-order valence-electron chi connectivity index (χ3n) is 2.36. The smallest absolute Gasteiger partial charge is 0.207 e. The van der Waals surface area contributed by atoms with Crippen LogP contribution in [0, 0.1) is 11.9 Å². The maximum absolute atomic E-state index is 12.9. The Morgan fingerprint density at radius 3 is 2.44 bits per heavy atom. The van der Waals surface area contributed by atoms with Crippen molar-refractivity contribution in [2.24, 2.45) is 0 Å². The lowest BCUT2D eigenvalue weighted by molar-refractivity contribution is -0.137. The van der Waals surface area contributed by atoms with Crippen LogP contribution >= 0.6 is 11.6 Å². The largest absolute Gasteiger partial charge is 0.417 e. The molecule has 0 unspecified atom stereocenters. The van der Waals surface area contributed by atoms with Crippen LogP contribution in [-0.4, -0.2) is 0 Å². The highest BCUT2D eigenvalue weighted by Gasteiger charge is 2.33. The molecule has 0 amide bonds. The fraction of sp³-hybridized carbons (Fsp3) is 0.0769. The van der Waals surface area contributed by atoms with Crippen LogP contribution in [0.3, 0.4) is 0 Å². The highest BCUT2D eigenvalue weighted by atomic mass is 35.5. The molecule has 2 aromatic rings. The summed E-state index contributed by atoms with van der Waals surface area (Å²) in [6.07, 6.45) is -4.51. The molecule has 5 heteroatoms. The molecule has 0 heterocycles. The van der Waals surface area contributed by atoms with E-state index in [4.69, 9.17) is 11.6 Å². The molecular weight excluding hydrogens is 268 g/mol. The van der Waals surface area contributed by atoms with Crippen LogP contribution in [0.1, 0.15) is 5.56 Å². The molecule has 0 spiro atoms. The number of benzene rings is 2.